The Morgan fingerprint density at radius 2 is 1.48 bits per heavy atom. The molecule has 3 aromatic carbocycles. The third kappa shape index (κ3) is 6.12. The Kier molecular flexibility index (Phi) is 7.27. The van der Waals surface area contributed by atoms with Gasteiger partial charge in [0.25, 0.3) is 5.91 Å². The van der Waals surface area contributed by atoms with Gasteiger partial charge in [-0.2, -0.15) is 0 Å². The van der Waals surface area contributed by atoms with Crippen LogP contribution in [0.5, 0.6) is 0 Å². The number of amides is 2. The van der Waals surface area contributed by atoms with Gasteiger partial charge in [-0.1, -0.05) is 42.5 Å². The molecule has 1 atom stereocenters. The van der Waals surface area contributed by atoms with E-state index in [4.69, 9.17) is 0 Å². The second kappa shape index (κ2) is 10.5. The molecular weight excluding hydrogens is 448 g/mol. The Morgan fingerprint density at radius 3 is 2.12 bits per heavy atom. The molecule has 0 saturated heterocycles. The second-order valence-electron chi connectivity index (χ2n) is 7.73. The molecule has 0 bridgehead atoms. The molecule has 0 radical (unpaired) electrons. The summed E-state index contributed by atoms with van der Waals surface area (Å²) in [6.07, 6.45) is 0. The molecule has 2 N–H and O–H groups in total. The van der Waals surface area contributed by atoms with E-state index >= 15 is 0 Å². The smallest absolute Gasteiger partial charge is 0.265 e. The van der Waals surface area contributed by atoms with Gasteiger partial charge in [0, 0.05) is 16.3 Å². The van der Waals surface area contributed by atoms with E-state index in [-0.39, 0.29) is 11.8 Å². The van der Waals surface area contributed by atoms with Gasteiger partial charge >= 0.3 is 0 Å². The van der Waals surface area contributed by atoms with E-state index in [1.807, 2.05) is 92.0 Å². The van der Waals surface area contributed by atoms with Gasteiger partial charge < -0.3 is 10.6 Å². The van der Waals surface area contributed by atoms with Crippen molar-refractivity contribution in [3.63, 3.8) is 0 Å². The first-order valence-corrected chi connectivity index (χ1v) is 12.3. The van der Waals surface area contributed by atoms with Gasteiger partial charge in [-0.15, -0.1) is 23.1 Å². The molecule has 33 heavy (non-hydrogen) atoms. The molecule has 0 fully saturated rings. The first kappa shape index (κ1) is 22.8. The van der Waals surface area contributed by atoms with E-state index in [1.165, 1.54) is 23.1 Å². The molecule has 166 valence electrons. The first-order valence-electron chi connectivity index (χ1n) is 10.5. The molecule has 4 aromatic rings. The van der Waals surface area contributed by atoms with Gasteiger partial charge in [-0.3, -0.25) is 9.59 Å². The molecule has 0 aliphatic carbocycles. The van der Waals surface area contributed by atoms with Crippen molar-refractivity contribution in [2.24, 2.45) is 0 Å². The lowest BCUT2D eigenvalue weighted by Crippen LogP contribution is -2.19. The van der Waals surface area contributed by atoms with Crippen LogP contribution >= 0.6 is 23.1 Å². The zero-order valence-corrected chi connectivity index (χ0v) is 20.0. The monoisotopic (exact) mass is 472 g/mol. The van der Waals surface area contributed by atoms with Crippen LogP contribution in [0.4, 0.5) is 11.4 Å². The highest BCUT2D eigenvalue weighted by Crippen LogP contribution is 2.37. The number of carbonyl (C=O) groups excluding carboxylic acids is 2. The van der Waals surface area contributed by atoms with Crippen LogP contribution < -0.4 is 10.6 Å². The molecule has 0 spiro atoms. The largest absolute Gasteiger partial charge is 0.325 e. The molecule has 0 saturated carbocycles. The van der Waals surface area contributed by atoms with Crippen molar-refractivity contribution in [1.82, 2.24) is 0 Å². The molecule has 1 aromatic heterocycles. The number of thioether (sulfide) groups is 1. The fourth-order valence-electron chi connectivity index (χ4n) is 3.51. The fraction of sp³-hybridized carbons (Fsp3) is 0.111. The van der Waals surface area contributed by atoms with Gasteiger partial charge in [-0.25, -0.2) is 0 Å². The van der Waals surface area contributed by atoms with Gasteiger partial charge in [0.15, 0.2) is 0 Å². The number of anilines is 2. The molecule has 4 rings (SSSR count). The Labute approximate surface area is 202 Å². The average molecular weight is 473 g/mol. The molecule has 4 nitrogen and oxygen atoms in total. The third-order valence-electron chi connectivity index (χ3n) is 4.94. The second-order valence-corrected chi connectivity index (χ2v) is 9.86. The minimum atomic E-state index is -0.418. The minimum absolute atomic E-state index is 0.0775. The number of aryl methyl sites for hydroxylation is 2. The topological polar surface area (TPSA) is 58.2 Å². The maximum Gasteiger partial charge on any atom is 0.265 e. The Morgan fingerprint density at radius 1 is 0.788 bits per heavy atom. The normalized spacial score (nSPS) is 11.6. The highest BCUT2D eigenvalue weighted by molar-refractivity contribution is 8.00. The van der Waals surface area contributed by atoms with Crippen molar-refractivity contribution >= 4 is 46.3 Å². The Bertz CT molecular complexity index is 1220. The predicted octanol–water partition coefficient (Wildman–Crippen LogP) is 7.09. The quantitative estimate of drug-likeness (QED) is 0.282. The Balaban J connectivity index is 1.50. The molecule has 1 unspecified atom stereocenters. The van der Waals surface area contributed by atoms with E-state index in [1.54, 1.807) is 6.07 Å². The van der Waals surface area contributed by atoms with Crippen LogP contribution in [0, 0.1) is 13.8 Å². The zero-order chi connectivity index (χ0) is 23.2. The number of benzene rings is 3. The van der Waals surface area contributed by atoms with E-state index in [0.717, 1.165) is 27.3 Å². The Hall–Kier alpha value is -3.35. The van der Waals surface area contributed by atoms with Crippen molar-refractivity contribution in [2.45, 2.75) is 24.0 Å². The van der Waals surface area contributed by atoms with Crippen molar-refractivity contribution in [1.29, 1.82) is 0 Å². The number of hydrogen-bond acceptors (Lipinski definition) is 4. The molecular formula is C27H24N2O2S2. The van der Waals surface area contributed by atoms with E-state index in [2.05, 4.69) is 16.7 Å². The highest BCUT2D eigenvalue weighted by Gasteiger charge is 2.22. The minimum Gasteiger partial charge on any atom is -0.325 e. The van der Waals surface area contributed by atoms with Crippen LogP contribution in [0.2, 0.25) is 0 Å². The predicted molar refractivity (Wildman–Crippen MR) is 138 cm³/mol. The lowest BCUT2D eigenvalue weighted by atomic mass is 10.1. The number of thiophene rings is 1. The molecule has 2 amide bonds. The van der Waals surface area contributed by atoms with Crippen molar-refractivity contribution in [3.8, 4) is 0 Å². The SMILES string of the molecule is Cc1cc(C)cc(NC(=O)C(Sc2ccc(NC(=O)c3cccs3)cc2)c2ccccc2)c1. The summed E-state index contributed by atoms with van der Waals surface area (Å²) in [7, 11) is 0. The van der Waals surface area contributed by atoms with Crippen LogP contribution in [0.1, 0.15) is 31.6 Å². The molecule has 0 aliphatic heterocycles. The summed E-state index contributed by atoms with van der Waals surface area (Å²) in [5.41, 5.74) is 4.66. The van der Waals surface area contributed by atoms with E-state index in [0.29, 0.717) is 10.6 Å². The van der Waals surface area contributed by atoms with E-state index < -0.39 is 5.25 Å². The number of hydrogen-bond donors (Lipinski definition) is 2. The third-order valence-corrected chi connectivity index (χ3v) is 7.08. The summed E-state index contributed by atoms with van der Waals surface area (Å²) in [4.78, 5) is 27.2. The van der Waals surface area contributed by atoms with Crippen molar-refractivity contribution in [3.05, 3.63) is 112 Å². The van der Waals surface area contributed by atoms with Gasteiger partial charge in [0.1, 0.15) is 5.25 Å². The summed E-state index contributed by atoms with van der Waals surface area (Å²) >= 11 is 2.88. The number of carbonyl (C=O) groups is 2. The van der Waals surface area contributed by atoms with Crippen LogP contribution in [-0.2, 0) is 4.79 Å². The summed E-state index contributed by atoms with van der Waals surface area (Å²) in [5.74, 6) is -0.202. The lowest BCUT2D eigenvalue weighted by Gasteiger charge is -2.18. The summed E-state index contributed by atoms with van der Waals surface area (Å²) < 4.78 is 0. The van der Waals surface area contributed by atoms with Crippen LogP contribution in [0.3, 0.4) is 0 Å². The maximum atomic E-state index is 13.3. The van der Waals surface area contributed by atoms with Crippen LogP contribution in [0.25, 0.3) is 0 Å². The standard InChI is InChI=1S/C27H24N2O2S2/c1-18-15-19(2)17-22(16-18)29-27(31)25(20-7-4-3-5-8-20)33-23-12-10-21(11-13-23)28-26(30)24-9-6-14-32-24/h3-17,25H,1-2H3,(H,28,30)(H,29,31). The van der Waals surface area contributed by atoms with E-state index in [9.17, 15) is 9.59 Å². The molecule has 0 aliphatic rings. The molecule has 1 heterocycles. The molecule has 6 heteroatoms. The zero-order valence-electron chi connectivity index (χ0n) is 18.4. The van der Waals surface area contributed by atoms with Crippen molar-refractivity contribution < 1.29 is 9.59 Å². The van der Waals surface area contributed by atoms with Gasteiger partial charge in [-0.05, 0) is 78.4 Å². The summed E-state index contributed by atoms with van der Waals surface area (Å²) in [6, 6.07) is 27.0. The number of nitrogens with one attached hydrogen (secondary N) is 2. The summed E-state index contributed by atoms with van der Waals surface area (Å²) in [6.45, 7) is 4.04. The summed E-state index contributed by atoms with van der Waals surface area (Å²) in [5, 5.41) is 7.44. The van der Waals surface area contributed by atoms with Crippen LogP contribution in [-0.4, -0.2) is 11.8 Å². The van der Waals surface area contributed by atoms with Gasteiger partial charge in [0.2, 0.25) is 5.91 Å². The van der Waals surface area contributed by atoms with Gasteiger partial charge in [0.05, 0.1) is 4.88 Å². The van der Waals surface area contributed by atoms with Crippen LogP contribution in [0.15, 0.2) is 95.2 Å². The fourth-order valence-corrected chi connectivity index (χ4v) is 5.15. The maximum absolute atomic E-state index is 13.3. The number of rotatable bonds is 7. The highest BCUT2D eigenvalue weighted by atomic mass is 32.2. The first-order chi connectivity index (χ1) is 16.0. The average Bonchev–Trinajstić information content (AvgIpc) is 3.33. The lowest BCUT2D eigenvalue weighted by molar-refractivity contribution is -0.115. The van der Waals surface area contributed by atoms with Crippen molar-refractivity contribution in [2.75, 3.05) is 10.6 Å².